The third-order valence-electron chi connectivity index (χ3n) is 5.19. The van der Waals surface area contributed by atoms with E-state index < -0.39 is 11.7 Å². The first-order valence-electron chi connectivity index (χ1n) is 10.0. The molecule has 1 atom stereocenters. The topological polar surface area (TPSA) is 41.1 Å². The van der Waals surface area contributed by atoms with Crippen LogP contribution < -0.4 is 10.2 Å². The van der Waals surface area contributed by atoms with Crippen molar-refractivity contribution in [3.63, 3.8) is 0 Å². The van der Waals surface area contributed by atoms with Gasteiger partial charge >= 0.3 is 6.18 Å². The van der Waals surface area contributed by atoms with Gasteiger partial charge in [-0.15, -0.1) is 0 Å². The van der Waals surface area contributed by atoms with Gasteiger partial charge in [0.15, 0.2) is 0 Å². The Bertz CT molecular complexity index is 999. The molecule has 0 radical (unpaired) electrons. The van der Waals surface area contributed by atoms with E-state index in [0.717, 1.165) is 12.2 Å². The fourth-order valence-corrected chi connectivity index (χ4v) is 3.71. The fraction of sp³-hybridized carbons (Fsp3) is 0.348. The highest BCUT2D eigenvalue weighted by molar-refractivity contribution is 5.72. The smallest absolute Gasteiger partial charge is 0.418 e. The first-order chi connectivity index (χ1) is 14.3. The van der Waals surface area contributed by atoms with Gasteiger partial charge in [0.25, 0.3) is 0 Å². The molecule has 0 saturated carbocycles. The van der Waals surface area contributed by atoms with Crippen LogP contribution in [0.15, 0.2) is 59.3 Å². The first kappa shape index (κ1) is 20.3. The van der Waals surface area contributed by atoms with E-state index >= 15 is 0 Å². The van der Waals surface area contributed by atoms with Crippen molar-refractivity contribution in [3.8, 4) is 11.1 Å². The summed E-state index contributed by atoms with van der Waals surface area (Å²) in [6, 6.07) is 11.9. The molecule has 1 aliphatic heterocycles. The molecule has 4 nitrogen and oxygen atoms in total. The molecule has 1 aromatic carbocycles. The molecule has 1 saturated heterocycles. The molecule has 4 rings (SSSR count). The van der Waals surface area contributed by atoms with E-state index in [-0.39, 0.29) is 11.7 Å². The molecule has 7 heteroatoms. The number of hydrogen-bond donors (Lipinski definition) is 1. The van der Waals surface area contributed by atoms with Crippen molar-refractivity contribution >= 4 is 11.5 Å². The first-order valence-corrected chi connectivity index (χ1v) is 10.0. The van der Waals surface area contributed by atoms with Crippen LogP contribution in [0.25, 0.3) is 11.1 Å². The second kappa shape index (κ2) is 8.05. The number of anilines is 2. The summed E-state index contributed by atoms with van der Waals surface area (Å²) in [7, 11) is 0. The standard InChI is InChI=1S/C23H24F3N3O/c1-15(2)10-18-14-29(18)21-6-5-16(11-20(21)23(24,25)26)17-7-8-27-22(12-17)28-13-19-4-3-9-30-19/h3-9,11-12,15,18H,10,13-14H2,1-2H3,(H,27,28). The van der Waals surface area contributed by atoms with E-state index in [1.807, 2.05) is 11.0 Å². The van der Waals surface area contributed by atoms with Crippen molar-refractivity contribution in [1.29, 1.82) is 0 Å². The monoisotopic (exact) mass is 415 g/mol. The maximum Gasteiger partial charge on any atom is 0.418 e. The summed E-state index contributed by atoms with van der Waals surface area (Å²) in [5.41, 5.74) is 0.862. The van der Waals surface area contributed by atoms with E-state index in [0.29, 0.717) is 36.0 Å². The Morgan fingerprint density at radius 1 is 1.17 bits per heavy atom. The molecule has 158 valence electrons. The van der Waals surface area contributed by atoms with E-state index in [2.05, 4.69) is 24.1 Å². The number of benzene rings is 1. The summed E-state index contributed by atoms with van der Waals surface area (Å²) in [4.78, 5) is 6.09. The predicted molar refractivity (Wildman–Crippen MR) is 111 cm³/mol. The van der Waals surface area contributed by atoms with Crippen LogP contribution in [0.2, 0.25) is 0 Å². The molecular weight excluding hydrogens is 391 g/mol. The number of halogens is 3. The molecule has 1 N–H and O–H groups in total. The van der Waals surface area contributed by atoms with Gasteiger partial charge in [-0.3, -0.25) is 0 Å². The van der Waals surface area contributed by atoms with Crippen LogP contribution in [-0.2, 0) is 12.7 Å². The maximum atomic E-state index is 13.8. The Morgan fingerprint density at radius 3 is 2.67 bits per heavy atom. The van der Waals surface area contributed by atoms with E-state index in [1.165, 1.54) is 6.07 Å². The molecule has 1 unspecified atom stereocenters. The van der Waals surface area contributed by atoms with Crippen molar-refractivity contribution < 1.29 is 17.6 Å². The number of aromatic nitrogens is 1. The maximum absolute atomic E-state index is 13.8. The Labute approximate surface area is 173 Å². The van der Waals surface area contributed by atoms with Crippen molar-refractivity contribution in [2.24, 2.45) is 5.92 Å². The number of furan rings is 1. The second-order valence-electron chi connectivity index (χ2n) is 8.03. The minimum absolute atomic E-state index is 0.190. The highest BCUT2D eigenvalue weighted by Crippen LogP contribution is 2.43. The van der Waals surface area contributed by atoms with Gasteiger partial charge in [0.2, 0.25) is 0 Å². The molecule has 2 aromatic heterocycles. The predicted octanol–water partition coefficient (Wildman–Crippen LogP) is 6.21. The van der Waals surface area contributed by atoms with Gasteiger partial charge < -0.3 is 14.6 Å². The largest absolute Gasteiger partial charge is 0.467 e. The summed E-state index contributed by atoms with van der Waals surface area (Å²) in [6.07, 6.45) is -0.343. The van der Waals surface area contributed by atoms with Crippen LogP contribution >= 0.6 is 0 Å². The Kier molecular flexibility index (Phi) is 5.45. The Hall–Kier alpha value is -2.96. The number of nitrogens with zero attached hydrogens (tertiary/aromatic N) is 2. The molecule has 0 spiro atoms. The molecular formula is C23H24F3N3O. The zero-order valence-corrected chi connectivity index (χ0v) is 16.9. The Balaban J connectivity index is 1.58. The van der Waals surface area contributed by atoms with Crippen molar-refractivity contribution in [3.05, 3.63) is 66.2 Å². The average molecular weight is 415 g/mol. The normalized spacial score (nSPS) is 16.2. The van der Waals surface area contributed by atoms with Gasteiger partial charge in [-0.2, -0.15) is 13.2 Å². The number of pyridine rings is 1. The van der Waals surface area contributed by atoms with E-state index in [9.17, 15) is 13.2 Å². The third-order valence-corrected chi connectivity index (χ3v) is 5.19. The van der Waals surface area contributed by atoms with Gasteiger partial charge in [-0.05, 0) is 59.9 Å². The zero-order valence-electron chi connectivity index (χ0n) is 16.9. The highest BCUT2D eigenvalue weighted by atomic mass is 19.4. The van der Waals surface area contributed by atoms with Crippen LogP contribution in [0.5, 0.6) is 0 Å². The molecule has 0 amide bonds. The van der Waals surface area contributed by atoms with Crippen molar-refractivity contribution in [2.75, 3.05) is 16.8 Å². The van der Waals surface area contributed by atoms with Gasteiger partial charge in [0.05, 0.1) is 18.4 Å². The van der Waals surface area contributed by atoms with Crippen LogP contribution in [0, 0.1) is 5.92 Å². The summed E-state index contributed by atoms with van der Waals surface area (Å²) in [5, 5.41) is 3.13. The lowest BCUT2D eigenvalue weighted by Gasteiger charge is -2.17. The second-order valence-corrected chi connectivity index (χ2v) is 8.03. The van der Waals surface area contributed by atoms with Crippen molar-refractivity contribution in [2.45, 2.75) is 39.0 Å². The highest BCUT2D eigenvalue weighted by Gasteiger charge is 2.42. The minimum Gasteiger partial charge on any atom is -0.467 e. The third kappa shape index (κ3) is 4.61. The molecule has 0 aliphatic carbocycles. The van der Waals surface area contributed by atoms with Crippen LogP contribution in [-0.4, -0.2) is 17.6 Å². The van der Waals surface area contributed by atoms with Gasteiger partial charge in [0.1, 0.15) is 11.6 Å². The summed E-state index contributed by atoms with van der Waals surface area (Å²) >= 11 is 0. The molecule has 1 aliphatic rings. The average Bonchev–Trinajstić information content (AvgIpc) is 3.24. The molecule has 3 aromatic rings. The number of nitrogens with one attached hydrogen (secondary N) is 1. The molecule has 30 heavy (non-hydrogen) atoms. The lowest BCUT2D eigenvalue weighted by Crippen LogP contribution is -2.12. The number of hydrogen-bond acceptors (Lipinski definition) is 4. The lowest BCUT2D eigenvalue weighted by atomic mass is 10.0. The SMILES string of the molecule is CC(C)CC1CN1c1ccc(-c2ccnc(NCc3ccco3)c2)cc1C(F)(F)F. The summed E-state index contributed by atoms with van der Waals surface area (Å²) < 4.78 is 46.7. The molecule has 0 bridgehead atoms. The molecule has 1 fully saturated rings. The van der Waals surface area contributed by atoms with Gasteiger partial charge in [-0.25, -0.2) is 4.98 Å². The quantitative estimate of drug-likeness (QED) is 0.466. The van der Waals surface area contributed by atoms with E-state index in [4.69, 9.17) is 4.42 Å². The summed E-state index contributed by atoms with van der Waals surface area (Å²) in [5.74, 6) is 1.78. The molecule has 3 heterocycles. The van der Waals surface area contributed by atoms with Gasteiger partial charge in [0, 0.05) is 24.5 Å². The zero-order chi connectivity index (χ0) is 21.3. The Morgan fingerprint density at radius 2 is 1.97 bits per heavy atom. The van der Waals surface area contributed by atoms with E-state index in [1.54, 1.807) is 42.8 Å². The minimum atomic E-state index is -4.41. The number of rotatable bonds is 7. The fourth-order valence-electron chi connectivity index (χ4n) is 3.71. The lowest BCUT2D eigenvalue weighted by molar-refractivity contribution is -0.137. The van der Waals surface area contributed by atoms with Crippen LogP contribution in [0.1, 0.15) is 31.6 Å². The number of alkyl halides is 3. The summed E-state index contributed by atoms with van der Waals surface area (Å²) in [6.45, 7) is 5.30. The van der Waals surface area contributed by atoms with Gasteiger partial charge in [-0.1, -0.05) is 19.9 Å². The van der Waals surface area contributed by atoms with Crippen molar-refractivity contribution in [1.82, 2.24) is 4.98 Å². The van der Waals surface area contributed by atoms with Crippen LogP contribution in [0.4, 0.5) is 24.7 Å². The van der Waals surface area contributed by atoms with Crippen LogP contribution in [0.3, 0.4) is 0 Å².